The minimum Gasteiger partial charge on any atom is -0.478 e. The van der Waals surface area contributed by atoms with E-state index in [-0.39, 0.29) is 16.1 Å². The van der Waals surface area contributed by atoms with Gasteiger partial charge in [-0.25, -0.2) is 4.79 Å². The van der Waals surface area contributed by atoms with Crippen LogP contribution < -0.4 is 0 Å². The molecule has 0 aliphatic heterocycles. The van der Waals surface area contributed by atoms with Crippen molar-refractivity contribution in [2.24, 2.45) is 0 Å². The first kappa shape index (κ1) is 20.1. The molecule has 0 unspecified atom stereocenters. The Morgan fingerprint density at radius 2 is 1.95 bits per heavy atom. The molecule has 0 aliphatic carbocycles. The largest absolute Gasteiger partial charge is 0.478 e. The predicted octanol–water partition coefficient (Wildman–Crippen LogP) is 4.87. The molecule has 0 bridgehead atoms. The fourth-order valence-corrected chi connectivity index (χ4v) is 2.33. The Morgan fingerprint density at radius 3 is 2.38 bits per heavy atom. The Balaban J connectivity index is 0.00000191. The van der Waals surface area contributed by atoms with Crippen LogP contribution in [-0.2, 0) is 11.3 Å². The summed E-state index contributed by atoms with van der Waals surface area (Å²) in [6.45, 7) is 2.20. The van der Waals surface area contributed by atoms with Crippen LogP contribution in [0.25, 0.3) is 0 Å². The van der Waals surface area contributed by atoms with Gasteiger partial charge in [-0.2, -0.15) is 13.2 Å². The molecule has 1 rings (SSSR count). The lowest BCUT2D eigenvalue weighted by Gasteiger charge is -2.13. The van der Waals surface area contributed by atoms with E-state index in [1.165, 1.54) is 23.9 Å². The zero-order valence-electron chi connectivity index (χ0n) is 11.8. The lowest BCUT2D eigenvalue weighted by atomic mass is 10.1. The van der Waals surface area contributed by atoms with Gasteiger partial charge in [0.15, 0.2) is 0 Å². The fraction of sp³-hybridized carbons (Fsp3) is 0.462. The van der Waals surface area contributed by atoms with Gasteiger partial charge in [0.2, 0.25) is 0 Å². The molecule has 0 aliphatic rings. The molecule has 120 valence electrons. The first-order chi connectivity index (χ1) is 9.76. The van der Waals surface area contributed by atoms with Crippen molar-refractivity contribution in [3.63, 3.8) is 0 Å². The molecule has 0 amide bonds. The van der Waals surface area contributed by atoms with Crippen molar-refractivity contribution in [3.8, 4) is 0 Å². The number of benzene rings is 1. The van der Waals surface area contributed by atoms with Crippen LogP contribution in [0, 0.1) is 0 Å². The van der Waals surface area contributed by atoms with Gasteiger partial charge in [0.25, 0.3) is 0 Å². The van der Waals surface area contributed by atoms with Crippen LogP contribution in [0.15, 0.2) is 17.0 Å². The van der Waals surface area contributed by atoms with Crippen LogP contribution in [0.1, 0.15) is 29.8 Å². The van der Waals surface area contributed by atoms with Crippen LogP contribution in [0.3, 0.4) is 0 Å². The number of aromatic carboxylic acids is 1. The second kappa shape index (κ2) is 9.17. The van der Waals surface area contributed by atoms with Crippen molar-refractivity contribution in [2.75, 3.05) is 12.9 Å². The van der Waals surface area contributed by atoms with E-state index in [9.17, 15) is 18.0 Å². The first-order valence-corrected chi connectivity index (χ1v) is 7.59. The van der Waals surface area contributed by atoms with E-state index in [2.05, 4.69) is 4.74 Å². The molecule has 21 heavy (non-hydrogen) atoms. The maximum atomic E-state index is 12.0. The number of hydrogen-bond acceptors (Lipinski definition) is 3. The predicted molar refractivity (Wildman–Crippen MR) is 77.3 cm³/mol. The summed E-state index contributed by atoms with van der Waals surface area (Å²) >= 11 is 7.13. The van der Waals surface area contributed by atoms with Gasteiger partial charge in [-0.1, -0.05) is 25.4 Å². The van der Waals surface area contributed by atoms with Crippen LogP contribution in [0.4, 0.5) is 13.2 Å². The lowest BCUT2D eigenvalue weighted by molar-refractivity contribution is -0.176. The third-order valence-corrected chi connectivity index (χ3v) is 3.42. The molecule has 0 heterocycles. The number of hydrogen-bond donors (Lipinski definition) is 1. The number of thioether (sulfide) groups is 1. The summed E-state index contributed by atoms with van der Waals surface area (Å²) in [5.41, 5.74) is 0.0865. The van der Waals surface area contributed by atoms with Crippen molar-refractivity contribution in [3.05, 3.63) is 28.3 Å². The van der Waals surface area contributed by atoms with E-state index in [1.54, 1.807) is 6.26 Å². The highest BCUT2D eigenvalue weighted by molar-refractivity contribution is 7.98. The third kappa shape index (κ3) is 6.58. The molecule has 8 heteroatoms. The van der Waals surface area contributed by atoms with Gasteiger partial charge < -0.3 is 9.84 Å². The van der Waals surface area contributed by atoms with Gasteiger partial charge >= 0.3 is 12.1 Å². The molecule has 0 spiro atoms. The van der Waals surface area contributed by atoms with Crippen LogP contribution in [0.2, 0.25) is 5.02 Å². The Bertz CT molecular complexity index is 478. The molecule has 0 saturated carbocycles. The van der Waals surface area contributed by atoms with E-state index < -0.39 is 25.4 Å². The van der Waals surface area contributed by atoms with Gasteiger partial charge in [0, 0.05) is 10.5 Å². The number of rotatable bonds is 5. The summed E-state index contributed by atoms with van der Waals surface area (Å²) in [7, 11) is 0. The van der Waals surface area contributed by atoms with Gasteiger partial charge in [-0.05, 0) is 18.4 Å². The summed E-state index contributed by atoms with van der Waals surface area (Å²) in [5, 5.41) is 8.80. The van der Waals surface area contributed by atoms with E-state index in [4.69, 9.17) is 16.7 Å². The smallest absolute Gasteiger partial charge is 0.411 e. The number of halogens is 4. The Morgan fingerprint density at radius 1 is 1.38 bits per heavy atom. The highest BCUT2D eigenvalue weighted by Crippen LogP contribution is 2.31. The number of carboxylic acid groups (broad SMARTS) is 1. The summed E-state index contributed by atoms with van der Waals surface area (Å²) in [6.07, 6.45) is -2.73. The Kier molecular flexibility index (Phi) is 8.77. The minimum atomic E-state index is -4.43. The molecule has 3 nitrogen and oxygen atoms in total. The molecule has 0 atom stereocenters. The monoisotopic (exact) mass is 344 g/mol. The SMILES string of the molecule is CC.CSc1ccc(C(=O)O)c(Cl)c1COCC(F)(F)F. The maximum Gasteiger partial charge on any atom is 0.411 e. The average molecular weight is 345 g/mol. The lowest BCUT2D eigenvalue weighted by Crippen LogP contribution is -2.17. The number of carboxylic acids is 1. The second-order valence-corrected chi connectivity index (χ2v) is 4.75. The highest BCUT2D eigenvalue weighted by Gasteiger charge is 2.28. The summed E-state index contributed by atoms with van der Waals surface area (Å²) in [4.78, 5) is 11.5. The van der Waals surface area contributed by atoms with E-state index in [1.807, 2.05) is 13.8 Å². The molecular formula is C13H16ClF3O3S. The quantitative estimate of drug-likeness (QED) is 0.774. The number of ether oxygens (including phenoxy) is 1. The fourth-order valence-electron chi connectivity index (χ4n) is 1.36. The summed E-state index contributed by atoms with van der Waals surface area (Å²) in [5.74, 6) is -1.24. The van der Waals surface area contributed by atoms with E-state index in [0.717, 1.165) is 0 Å². The maximum absolute atomic E-state index is 12.0. The molecule has 1 aromatic carbocycles. The molecule has 0 fully saturated rings. The zero-order chi connectivity index (χ0) is 16.6. The van der Waals surface area contributed by atoms with Crippen molar-refractivity contribution >= 4 is 29.3 Å². The highest BCUT2D eigenvalue weighted by atomic mass is 35.5. The van der Waals surface area contributed by atoms with Gasteiger partial charge in [-0.3, -0.25) is 0 Å². The van der Waals surface area contributed by atoms with Crippen molar-refractivity contribution in [2.45, 2.75) is 31.5 Å². The van der Waals surface area contributed by atoms with Crippen LogP contribution in [-0.4, -0.2) is 30.1 Å². The molecule has 0 radical (unpaired) electrons. The van der Waals surface area contributed by atoms with E-state index in [0.29, 0.717) is 4.90 Å². The topological polar surface area (TPSA) is 46.5 Å². The van der Waals surface area contributed by atoms with Crippen molar-refractivity contribution in [1.82, 2.24) is 0 Å². The molecule has 1 aromatic rings. The Hall–Kier alpha value is -0.920. The standard InChI is InChI=1S/C11H10ClF3O3S.C2H6/c1-19-8-3-2-6(10(16)17)9(12)7(8)4-18-5-11(13,14)15;1-2/h2-3H,4-5H2,1H3,(H,16,17);1-2H3. The van der Waals surface area contributed by atoms with Crippen LogP contribution >= 0.6 is 23.4 Å². The van der Waals surface area contributed by atoms with Crippen molar-refractivity contribution in [1.29, 1.82) is 0 Å². The number of carbonyl (C=O) groups is 1. The molecule has 0 saturated heterocycles. The van der Waals surface area contributed by atoms with Gasteiger partial charge in [0.1, 0.15) is 6.61 Å². The summed E-state index contributed by atoms with van der Waals surface area (Å²) in [6, 6.07) is 2.80. The van der Waals surface area contributed by atoms with Gasteiger partial charge in [0.05, 0.1) is 17.2 Å². The third-order valence-electron chi connectivity index (χ3n) is 2.16. The average Bonchev–Trinajstić information content (AvgIpc) is 2.41. The van der Waals surface area contributed by atoms with Gasteiger partial charge in [-0.15, -0.1) is 11.8 Å². The minimum absolute atomic E-state index is 0.0958. The van der Waals surface area contributed by atoms with Crippen molar-refractivity contribution < 1.29 is 27.8 Å². The zero-order valence-corrected chi connectivity index (χ0v) is 13.3. The number of alkyl halides is 3. The molecule has 0 aromatic heterocycles. The normalized spacial score (nSPS) is 10.8. The Labute approximate surface area is 130 Å². The summed E-state index contributed by atoms with van der Waals surface area (Å²) < 4.78 is 40.5. The molecular weight excluding hydrogens is 329 g/mol. The van der Waals surface area contributed by atoms with Crippen LogP contribution in [0.5, 0.6) is 0 Å². The second-order valence-electron chi connectivity index (χ2n) is 3.52. The molecule has 1 N–H and O–H groups in total. The first-order valence-electron chi connectivity index (χ1n) is 5.99. The van der Waals surface area contributed by atoms with E-state index >= 15 is 0 Å².